The van der Waals surface area contributed by atoms with E-state index >= 15 is 0 Å². The molecule has 0 saturated carbocycles. The highest BCUT2D eigenvalue weighted by Crippen LogP contribution is 2.31. The monoisotopic (exact) mass is 261 g/mol. The van der Waals surface area contributed by atoms with Crippen molar-refractivity contribution in [2.45, 2.75) is 32.2 Å². The third kappa shape index (κ3) is 3.71. The van der Waals surface area contributed by atoms with Crippen LogP contribution in [0.15, 0.2) is 24.3 Å². The van der Waals surface area contributed by atoms with Crippen LogP contribution in [-0.4, -0.2) is 19.8 Å². The van der Waals surface area contributed by atoms with Gasteiger partial charge in [0, 0.05) is 6.61 Å². The first-order chi connectivity index (χ1) is 8.40. The van der Waals surface area contributed by atoms with Gasteiger partial charge in [-0.15, -0.1) is 0 Å². The quantitative estimate of drug-likeness (QED) is 0.877. The van der Waals surface area contributed by atoms with Crippen LogP contribution in [0, 0.1) is 0 Å². The van der Waals surface area contributed by atoms with Crippen LogP contribution in [-0.2, 0) is 10.9 Å². The van der Waals surface area contributed by atoms with Crippen LogP contribution in [0.3, 0.4) is 0 Å². The largest absolute Gasteiger partial charge is 0.416 e. The molecule has 0 aliphatic rings. The average Bonchev–Trinajstić information content (AvgIpc) is 2.29. The van der Waals surface area contributed by atoms with Crippen molar-refractivity contribution in [3.63, 3.8) is 0 Å². The Hall–Kier alpha value is -1.07. The lowest BCUT2D eigenvalue weighted by molar-refractivity contribution is -0.137. The molecule has 1 aromatic rings. The van der Waals surface area contributed by atoms with E-state index in [0.29, 0.717) is 12.2 Å². The van der Waals surface area contributed by atoms with Gasteiger partial charge in [-0.3, -0.25) is 0 Å². The van der Waals surface area contributed by atoms with Crippen molar-refractivity contribution in [1.82, 2.24) is 5.32 Å². The summed E-state index contributed by atoms with van der Waals surface area (Å²) in [4.78, 5) is 0. The second-order valence-corrected chi connectivity index (χ2v) is 4.05. The molecule has 0 aliphatic carbocycles. The molecule has 2 atom stereocenters. The molecule has 5 heteroatoms. The Bertz CT molecular complexity index is 379. The maximum Gasteiger partial charge on any atom is 0.416 e. The molecule has 1 aromatic carbocycles. The zero-order valence-corrected chi connectivity index (χ0v) is 10.7. The summed E-state index contributed by atoms with van der Waals surface area (Å²) in [7, 11) is 1.71. The van der Waals surface area contributed by atoms with E-state index in [9.17, 15) is 13.2 Å². The summed E-state index contributed by atoms with van der Waals surface area (Å²) in [6, 6.07) is 5.07. The van der Waals surface area contributed by atoms with Crippen LogP contribution in [0.1, 0.15) is 31.0 Å². The van der Waals surface area contributed by atoms with Gasteiger partial charge in [-0.05, 0) is 38.6 Å². The molecule has 0 amide bonds. The number of hydrogen-bond acceptors (Lipinski definition) is 2. The molecule has 0 saturated heterocycles. The van der Waals surface area contributed by atoms with Crippen LogP contribution >= 0.6 is 0 Å². The SMILES string of the molecule is CCOC(C)C(NC)c1cccc(C(F)(F)F)c1. The topological polar surface area (TPSA) is 21.3 Å². The lowest BCUT2D eigenvalue weighted by Crippen LogP contribution is -2.29. The van der Waals surface area contributed by atoms with Crippen molar-refractivity contribution in [2.75, 3.05) is 13.7 Å². The number of hydrogen-bond donors (Lipinski definition) is 1. The summed E-state index contributed by atoms with van der Waals surface area (Å²) >= 11 is 0. The minimum atomic E-state index is -4.32. The van der Waals surface area contributed by atoms with E-state index in [-0.39, 0.29) is 12.1 Å². The van der Waals surface area contributed by atoms with Gasteiger partial charge in [0.1, 0.15) is 0 Å². The van der Waals surface area contributed by atoms with Gasteiger partial charge in [-0.25, -0.2) is 0 Å². The van der Waals surface area contributed by atoms with E-state index in [0.717, 1.165) is 12.1 Å². The number of alkyl halides is 3. The number of likely N-dealkylation sites (N-methyl/N-ethyl adjacent to an activating group) is 1. The highest BCUT2D eigenvalue weighted by Gasteiger charge is 2.31. The van der Waals surface area contributed by atoms with Gasteiger partial charge >= 0.3 is 6.18 Å². The maximum atomic E-state index is 12.6. The first-order valence-electron chi connectivity index (χ1n) is 5.86. The zero-order valence-electron chi connectivity index (χ0n) is 10.7. The summed E-state index contributed by atoms with van der Waals surface area (Å²) < 4.78 is 43.3. The molecular formula is C13H18F3NO. The summed E-state index contributed by atoms with van der Waals surface area (Å²) in [6.45, 7) is 4.22. The van der Waals surface area contributed by atoms with E-state index in [2.05, 4.69) is 5.32 Å². The third-order valence-electron chi connectivity index (χ3n) is 2.78. The van der Waals surface area contributed by atoms with Crippen molar-refractivity contribution in [3.05, 3.63) is 35.4 Å². The van der Waals surface area contributed by atoms with Gasteiger partial charge < -0.3 is 10.1 Å². The van der Waals surface area contributed by atoms with Crippen LogP contribution in [0.5, 0.6) is 0 Å². The van der Waals surface area contributed by atoms with E-state index < -0.39 is 11.7 Å². The minimum absolute atomic E-state index is 0.191. The van der Waals surface area contributed by atoms with Crippen molar-refractivity contribution < 1.29 is 17.9 Å². The standard InChI is InChI=1S/C13H18F3NO/c1-4-18-9(2)12(17-3)10-6-5-7-11(8-10)13(14,15)16/h5-9,12,17H,4H2,1-3H3. The fourth-order valence-corrected chi connectivity index (χ4v) is 1.94. The highest BCUT2D eigenvalue weighted by atomic mass is 19.4. The van der Waals surface area contributed by atoms with Crippen LogP contribution < -0.4 is 5.32 Å². The van der Waals surface area contributed by atoms with Crippen molar-refractivity contribution in [2.24, 2.45) is 0 Å². The molecule has 0 fully saturated rings. The second kappa shape index (κ2) is 6.20. The Balaban J connectivity index is 3.00. The van der Waals surface area contributed by atoms with Gasteiger partial charge in [-0.2, -0.15) is 13.2 Å². The van der Waals surface area contributed by atoms with Gasteiger partial charge in [-0.1, -0.05) is 12.1 Å². The minimum Gasteiger partial charge on any atom is -0.377 e. The summed E-state index contributed by atoms with van der Waals surface area (Å²) in [5, 5.41) is 2.99. The van der Waals surface area contributed by atoms with E-state index in [4.69, 9.17) is 4.74 Å². The van der Waals surface area contributed by atoms with Crippen LogP contribution in [0.2, 0.25) is 0 Å². The van der Waals surface area contributed by atoms with Gasteiger partial charge in [0.25, 0.3) is 0 Å². The van der Waals surface area contributed by atoms with Crippen molar-refractivity contribution in [3.8, 4) is 0 Å². The Morgan fingerprint density at radius 1 is 1.33 bits per heavy atom. The van der Waals surface area contributed by atoms with Crippen molar-refractivity contribution in [1.29, 1.82) is 0 Å². The molecule has 0 bridgehead atoms. The van der Waals surface area contributed by atoms with E-state index in [1.165, 1.54) is 6.07 Å². The van der Waals surface area contributed by atoms with Crippen molar-refractivity contribution >= 4 is 0 Å². The summed E-state index contributed by atoms with van der Waals surface area (Å²) in [5.74, 6) is 0. The molecular weight excluding hydrogens is 243 g/mol. The lowest BCUT2D eigenvalue weighted by atomic mass is 10.00. The Labute approximate surface area is 105 Å². The van der Waals surface area contributed by atoms with E-state index in [1.807, 2.05) is 13.8 Å². The molecule has 0 aliphatic heterocycles. The number of ether oxygens (including phenoxy) is 1. The smallest absolute Gasteiger partial charge is 0.377 e. The fourth-order valence-electron chi connectivity index (χ4n) is 1.94. The van der Waals surface area contributed by atoms with E-state index in [1.54, 1.807) is 13.1 Å². The predicted octanol–water partition coefficient (Wildman–Crippen LogP) is 3.39. The Morgan fingerprint density at radius 2 is 2.00 bits per heavy atom. The number of rotatable bonds is 5. The Kier molecular flexibility index (Phi) is 5.16. The highest BCUT2D eigenvalue weighted by molar-refractivity contribution is 5.28. The number of benzene rings is 1. The summed E-state index contributed by atoms with van der Waals surface area (Å²) in [6.07, 6.45) is -4.51. The first-order valence-corrected chi connectivity index (χ1v) is 5.86. The lowest BCUT2D eigenvalue weighted by Gasteiger charge is -2.24. The van der Waals surface area contributed by atoms with Gasteiger partial charge in [0.15, 0.2) is 0 Å². The number of halogens is 3. The fraction of sp³-hybridized carbons (Fsp3) is 0.538. The molecule has 1 N–H and O–H groups in total. The number of nitrogens with one attached hydrogen (secondary N) is 1. The maximum absolute atomic E-state index is 12.6. The Morgan fingerprint density at radius 3 is 2.50 bits per heavy atom. The molecule has 0 spiro atoms. The first kappa shape index (κ1) is 15.0. The molecule has 18 heavy (non-hydrogen) atoms. The predicted molar refractivity (Wildman–Crippen MR) is 64.3 cm³/mol. The zero-order chi connectivity index (χ0) is 13.8. The molecule has 0 heterocycles. The molecule has 102 valence electrons. The molecule has 2 nitrogen and oxygen atoms in total. The second-order valence-electron chi connectivity index (χ2n) is 4.05. The van der Waals surface area contributed by atoms with Crippen LogP contribution in [0.4, 0.5) is 13.2 Å². The average molecular weight is 261 g/mol. The third-order valence-corrected chi connectivity index (χ3v) is 2.78. The summed E-state index contributed by atoms with van der Waals surface area (Å²) in [5.41, 5.74) is -0.0581. The molecule has 0 radical (unpaired) electrons. The molecule has 1 rings (SSSR count). The van der Waals surface area contributed by atoms with Gasteiger partial charge in [0.2, 0.25) is 0 Å². The molecule has 0 aromatic heterocycles. The van der Waals surface area contributed by atoms with Gasteiger partial charge in [0.05, 0.1) is 17.7 Å². The normalized spacial score (nSPS) is 15.4. The molecule has 2 unspecified atom stereocenters. The van der Waals surface area contributed by atoms with Crippen LogP contribution in [0.25, 0.3) is 0 Å².